The number of nitrogens with zero attached hydrogens (tertiary/aromatic N) is 1. The van der Waals surface area contributed by atoms with E-state index in [4.69, 9.17) is 0 Å². The molecule has 1 saturated heterocycles. The maximum Gasteiger partial charge on any atom is 0.114 e. The maximum atomic E-state index is 12.1. The number of rotatable bonds is 0. The summed E-state index contributed by atoms with van der Waals surface area (Å²) in [5.41, 5.74) is 0. The standard InChI is InChI=1S/C5H10FN.C2H6O.C2H6/c1-7-3-2-5(6)4-7;1-3-2;1-2/h5H,2-4H2,1H3;1-2H3;1-2H3. The van der Waals surface area contributed by atoms with Crippen molar-refractivity contribution in [3.63, 3.8) is 0 Å². The average Bonchev–Trinajstić information content (AvgIpc) is 2.40. The Bertz CT molecular complexity index is 72.9. The predicted octanol–water partition coefficient (Wildman–Crippen LogP) is 1.95. The number of methoxy groups -OCH3 is 1. The molecule has 0 aromatic rings. The molecule has 0 aromatic heterocycles. The van der Waals surface area contributed by atoms with Gasteiger partial charge < -0.3 is 9.64 Å². The van der Waals surface area contributed by atoms with Crippen LogP contribution in [-0.2, 0) is 4.74 Å². The van der Waals surface area contributed by atoms with Crippen LogP contribution < -0.4 is 0 Å². The Morgan fingerprint density at radius 1 is 1.33 bits per heavy atom. The van der Waals surface area contributed by atoms with Crippen LogP contribution in [0.4, 0.5) is 4.39 Å². The first kappa shape index (κ1) is 14.4. The predicted molar refractivity (Wildman–Crippen MR) is 51.3 cm³/mol. The monoisotopic (exact) mass is 179 g/mol. The van der Waals surface area contributed by atoms with Gasteiger partial charge in [0.2, 0.25) is 0 Å². The molecule has 0 bridgehead atoms. The smallest absolute Gasteiger partial charge is 0.114 e. The van der Waals surface area contributed by atoms with Gasteiger partial charge in [0, 0.05) is 27.3 Å². The first-order valence-corrected chi connectivity index (χ1v) is 4.43. The van der Waals surface area contributed by atoms with Gasteiger partial charge in [-0.05, 0) is 13.5 Å². The van der Waals surface area contributed by atoms with Crippen LogP contribution >= 0.6 is 0 Å². The molecule has 1 heterocycles. The van der Waals surface area contributed by atoms with Crippen LogP contribution in [0.15, 0.2) is 0 Å². The van der Waals surface area contributed by atoms with Crippen LogP contribution in [0.1, 0.15) is 20.3 Å². The highest BCUT2D eigenvalue weighted by molar-refractivity contribution is 4.70. The Labute approximate surface area is 75.7 Å². The Morgan fingerprint density at radius 3 is 1.83 bits per heavy atom. The molecular formula is C9H22FNO. The maximum absolute atomic E-state index is 12.1. The number of likely N-dealkylation sites (tertiary alicyclic amines) is 1. The number of ether oxygens (including phenoxy) is 1. The Balaban J connectivity index is 0. The lowest BCUT2D eigenvalue weighted by atomic mass is 10.4. The van der Waals surface area contributed by atoms with E-state index in [-0.39, 0.29) is 0 Å². The van der Waals surface area contributed by atoms with E-state index < -0.39 is 6.17 Å². The quantitative estimate of drug-likeness (QED) is 0.563. The van der Waals surface area contributed by atoms with Crippen LogP contribution in [0.2, 0.25) is 0 Å². The third-order valence-corrected chi connectivity index (χ3v) is 1.33. The minimum absolute atomic E-state index is 0.551. The van der Waals surface area contributed by atoms with Crippen molar-refractivity contribution in [3.8, 4) is 0 Å². The van der Waals surface area contributed by atoms with E-state index in [1.54, 1.807) is 14.2 Å². The summed E-state index contributed by atoms with van der Waals surface area (Å²) in [4.78, 5) is 2.00. The van der Waals surface area contributed by atoms with Gasteiger partial charge in [-0.25, -0.2) is 4.39 Å². The highest BCUT2D eigenvalue weighted by atomic mass is 19.1. The van der Waals surface area contributed by atoms with Gasteiger partial charge in [-0.2, -0.15) is 0 Å². The van der Waals surface area contributed by atoms with Gasteiger partial charge in [-0.15, -0.1) is 0 Å². The summed E-state index contributed by atoms with van der Waals surface area (Å²) in [6, 6.07) is 0. The third-order valence-electron chi connectivity index (χ3n) is 1.33. The first-order chi connectivity index (χ1) is 5.70. The van der Waals surface area contributed by atoms with Crippen LogP contribution in [0.3, 0.4) is 0 Å². The molecule has 0 aliphatic carbocycles. The topological polar surface area (TPSA) is 12.5 Å². The molecule has 12 heavy (non-hydrogen) atoms. The fraction of sp³-hybridized carbons (Fsp3) is 1.00. The van der Waals surface area contributed by atoms with Crippen molar-refractivity contribution >= 4 is 0 Å². The number of alkyl halides is 1. The van der Waals surface area contributed by atoms with Crippen molar-refractivity contribution in [3.05, 3.63) is 0 Å². The first-order valence-electron chi connectivity index (χ1n) is 4.43. The number of hydrogen-bond donors (Lipinski definition) is 0. The zero-order valence-electron chi connectivity index (χ0n) is 8.93. The van der Waals surface area contributed by atoms with Crippen molar-refractivity contribution in [2.45, 2.75) is 26.4 Å². The van der Waals surface area contributed by atoms with Gasteiger partial charge in [0.1, 0.15) is 6.17 Å². The zero-order chi connectivity index (χ0) is 9.98. The van der Waals surface area contributed by atoms with Gasteiger partial charge in [0.15, 0.2) is 0 Å². The van der Waals surface area contributed by atoms with Gasteiger partial charge in [-0.1, -0.05) is 13.8 Å². The van der Waals surface area contributed by atoms with E-state index in [9.17, 15) is 4.39 Å². The van der Waals surface area contributed by atoms with E-state index >= 15 is 0 Å². The zero-order valence-corrected chi connectivity index (χ0v) is 8.93. The molecule has 1 aliphatic heterocycles. The molecule has 76 valence electrons. The lowest BCUT2D eigenvalue weighted by Gasteiger charge is -2.01. The molecule has 2 nitrogen and oxygen atoms in total. The second-order valence-electron chi connectivity index (χ2n) is 2.56. The van der Waals surface area contributed by atoms with Crippen LogP contribution in [0.25, 0.3) is 0 Å². The van der Waals surface area contributed by atoms with Crippen molar-refractivity contribution in [1.29, 1.82) is 0 Å². The molecule has 1 fully saturated rings. The van der Waals surface area contributed by atoms with Crippen LogP contribution in [0.5, 0.6) is 0 Å². The minimum Gasteiger partial charge on any atom is -0.388 e. The number of halogens is 1. The fourth-order valence-electron chi connectivity index (χ4n) is 0.881. The van der Waals surface area contributed by atoms with Gasteiger partial charge >= 0.3 is 0 Å². The van der Waals surface area contributed by atoms with E-state index in [1.807, 2.05) is 25.8 Å². The Morgan fingerprint density at radius 2 is 1.75 bits per heavy atom. The Kier molecular flexibility index (Phi) is 13.0. The Hall–Kier alpha value is -0.150. The molecule has 1 atom stereocenters. The highest BCUT2D eigenvalue weighted by Crippen LogP contribution is 2.08. The lowest BCUT2D eigenvalue weighted by molar-refractivity contribution is 0.277. The third kappa shape index (κ3) is 9.85. The van der Waals surface area contributed by atoms with Gasteiger partial charge in [0.05, 0.1) is 0 Å². The lowest BCUT2D eigenvalue weighted by Crippen LogP contribution is -2.13. The molecule has 1 aliphatic rings. The van der Waals surface area contributed by atoms with Crippen molar-refractivity contribution in [2.24, 2.45) is 0 Å². The van der Waals surface area contributed by atoms with Crippen molar-refractivity contribution in [2.75, 3.05) is 34.4 Å². The summed E-state index contributed by atoms with van der Waals surface area (Å²) in [5, 5.41) is 0. The molecule has 0 spiro atoms. The summed E-state index contributed by atoms with van der Waals surface area (Å²) in [6.07, 6.45) is 0.182. The number of hydrogen-bond acceptors (Lipinski definition) is 2. The molecule has 0 radical (unpaired) electrons. The van der Waals surface area contributed by atoms with E-state index in [2.05, 4.69) is 4.74 Å². The second-order valence-corrected chi connectivity index (χ2v) is 2.56. The molecule has 1 unspecified atom stereocenters. The molecule has 0 saturated carbocycles. The van der Waals surface area contributed by atoms with Crippen molar-refractivity contribution < 1.29 is 9.13 Å². The molecule has 1 rings (SSSR count). The molecule has 0 N–H and O–H groups in total. The largest absolute Gasteiger partial charge is 0.388 e. The molecule has 0 aromatic carbocycles. The second kappa shape index (κ2) is 10.8. The molecule has 0 amide bonds. The van der Waals surface area contributed by atoms with E-state index in [0.29, 0.717) is 6.54 Å². The SMILES string of the molecule is CC.CN1CCC(F)C1.COC. The van der Waals surface area contributed by atoms with Crippen LogP contribution in [0, 0.1) is 0 Å². The summed E-state index contributed by atoms with van der Waals surface area (Å²) >= 11 is 0. The van der Waals surface area contributed by atoms with E-state index in [1.165, 1.54) is 0 Å². The minimum atomic E-state index is -0.551. The summed E-state index contributed by atoms with van der Waals surface area (Å²) in [5.74, 6) is 0. The highest BCUT2D eigenvalue weighted by Gasteiger charge is 2.17. The van der Waals surface area contributed by atoms with Crippen LogP contribution in [-0.4, -0.2) is 45.4 Å². The average molecular weight is 179 g/mol. The summed E-state index contributed by atoms with van der Waals surface area (Å²) in [7, 11) is 5.19. The molecular weight excluding hydrogens is 157 g/mol. The normalized spacial score (nSPS) is 22.0. The molecule has 3 heteroatoms. The summed E-state index contributed by atoms with van der Waals surface area (Å²) in [6.45, 7) is 5.57. The van der Waals surface area contributed by atoms with Crippen molar-refractivity contribution in [1.82, 2.24) is 4.90 Å². The van der Waals surface area contributed by atoms with Gasteiger partial charge in [0.25, 0.3) is 0 Å². The van der Waals surface area contributed by atoms with E-state index in [0.717, 1.165) is 13.0 Å². The fourth-order valence-corrected chi connectivity index (χ4v) is 0.881. The summed E-state index contributed by atoms with van der Waals surface area (Å²) < 4.78 is 16.4. The van der Waals surface area contributed by atoms with Gasteiger partial charge in [-0.3, -0.25) is 0 Å².